The summed E-state index contributed by atoms with van der Waals surface area (Å²) in [7, 11) is 0. The van der Waals surface area contributed by atoms with Crippen LogP contribution in [0.2, 0.25) is 4.34 Å². The summed E-state index contributed by atoms with van der Waals surface area (Å²) >= 11 is 9.64. The summed E-state index contributed by atoms with van der Waals surface area (Å²) in [6.07, 6.45) is 1.19. The number of thioether (sulfide) groups is 1. The van der Waals surface area contributed by atoms with Crippen LogP contribution in [0.3, 0.4) is 0 Å². The number of benzene rings is 1. The zero-order chi connectivity index (χ0) is 13.2. The number of hydrogen-bond donors (Lipinski definition) is 1. The second-order valence-electron chi connectivity index (χ2n) is 4.76. The van der Waals surface area contributed by atoms with Crippen LogP contribution in [-0.2, 0) is 0 Å². The largest absolute Gasteiger partial charge is 0.303 e. The van der Waals surface area contributed by atoms with E-state index in [1.54, 1.807) is 11.3 Å². The summed E-state index contributed by atoms with van der Waals surface area (Å²) in [5.74, 6) is 1.19. The molecular weight excluding hydrogens is 294 g/mol. The van der Waals surface area contributed by atoms with E-state index in [-0.39, 0.29) is 0 Å². The van der Waals surface area contributed by atoms with E-state index in [4.69, 9.17) is 11.6 Å². The lowest BCUT2D eigenvalue weighted by Gasteiger charge is -2.28. The topological polar surface area (TPSA) is 12.0 Å². The summed E-state index contributed by atoms with van der Waals surface area (Å²) in [6.45, 7) is 2.21. The molecule has 19 heavy (non-hydrogen) atoms. The first-order chi connectivity index (χ1) is 9.24. The molecule has 1 nitrogen and oxygen atoms in total. The van der Waals surface area contributed by atoms with Crippen molar-refractivity contribution < 1.29 is 0 Å². The number of halogens is 1. The highest BCUT2D eigenvalue weighted by atomic mass is 35.5. The second-order valence-corrected chi connectivity index (χ2v) is 7.64. The SMILES string of the molecule is CC(NC1CCSc2ccccc21)c1ccc(Cl)s1. The second kappa shape index (κ2) is 5.88. The maximum atomic E-state index is 6.02. The molecule has 0 spiro atoms. The van der Waals surface area contributed by atoms with Gasteiger partial charge in [0, 0.05) is 21.9 Å². The van der Waals surface area contributed by atoms with Crippen molar-refractivity contribution >= 4 is 34.7 Å². The van der Waals surface area contributed by atoms with Crippen LogP contribution in [0.4, 0.5) is 0 Å². The molecule has 0 aliphatic carbocycles. The summed E-state index contributed by atoms with van der Waals surface area (Å²) < 4.78 is 0.864. The van der Waals surface area contributed by atoms with E-state index in [2.05, 4.69) is 42.6 Å². The minimum absolute atomic E-state index is 0.346. The average molecular weight is 310 g/mol. The molecule has 1 aliphatic heterocycles. The lowest BCUT2D eigenvalue weighted by molar-refractivity contribution is 0.454. The lowest BCUT2D eigenvalue weighted by atomic mass is 10.0. The molecule has 4 heteroatoms. The zero-order valence-electron chi connectivity index (χ0n) is 10.7. The van der Waals surface area contributed by atoms with Crippen LogP contribution in [0.1, 0.15) is 35.9 Å². The minimum Gasteiger partial charge on any atom is -0.303 e. The highest BCUT2D eigenvalue weighted by Gasteiger charge is 2.22. The average Bonchev–Trinajstić information content (AvgIpc) is 2.86. The Hall–Kier alpha value is -0.480. The molecule has 100 valence electrons. The molecule has 0 bridgehead atoms. The predicted octanol–water partition coefficient (Wildman–Crippen LogP) is 5.29. The van der Waals surface area contributed by atoms with Crippen LogP contribution >= 0.6 is 34.7 Å². The van der Waals surface area contributed by atoms with E-state index in [0.29, 0.717) is 12.1 Å². The Morgan fingerprint density at radius 3 is 2.89 bits per heavy atom. The van der Waals surface area contributed by atoms with E-state index in [9.17, 15) is 0 Å². The molecule has 1 aromatic heterocycles. The maximum absolute atomic E-state index is 6.02. The van der Waals surface area contributed by atoms with Crippen LogP contribution < -0.4 is 5.32 Å². The maximum Gasteiger partial charge on any atom is 0.0931 e. The highest BCUT2D eigenvalue weighted by Crippen LogP contribution is 2.37. The van der Waals surface area contributed by atoms with E-state index in [0.717, 1.165) is 4.34 Å². The van der Waals surface area contributed by atoms with Crippen molar-refractivity contribution in [2.75, 3.05) is 5.75 Å². The van der Waals surface area contributed by atoms with Crippen LogP contribution in [0.15, 0.2) is 41.3 Å². The molecule has 3 rings (SSSR count). The predicted molar refractivity (Wildman–Crippen MR) is 85.4 cm³/mol. The first-order valence-electron chi connectivity index (χ1n) is 6.47. The number of fused-ring (bicyclic) bond motifs is 1. The molecule has 2 heterocycles. The monoisotopic (exact) mass is 309 g/mol. The molecule has 0 radical (unpaired) electrons. The first kappa shape index (κ1) is 13.5. The van der Waals surface area contributed by atoms with Gasteiger partial charge in [0.2, 0.25) is 0 Å². The first-order valence-corrected chi connectivity index (χ1v) is 8.65. The van der Waals surface area contributed by atoms with E-state index >= 15 is 0 Å². The molecule has 0 saturated heterocycles. The van der Waals surface area contributed by atoms with Gasteiger partial charge in [-0.3, -0.25) is 0 Å². The third-order valence-corrected chi connectivity index (χ3v) is 5.97. The van der Waals surface area contributed by atoms with Gasteiger partial charge in [-0.1, -0.05) is 29.8 Å². The van der Waals surface area contributed by atoms with Crippen LogP contribution in [-0.4, -0.2) is 5.75 Å². The summed E-state index contributed by atoms with van der Waals surface area (Å²) in [4.78, 5) is 2.73. The van der Waals surface area contributed by atoms with Crippen molar-refractivity contribution in [2.24, 2.45) is 0 Å². The number of rotatable bonds is 3. The van der Waals surface area contributed by atoms with Gasteiger partial charge in [0.25, 0.3) is 0 Å². The van der Waals surface area contributed by atoms with Crippen LogP contribution in [0, 0.1) is 0 Å². The van der Waals surface area contributed by atoms with Gasteiger partial charge in [-0.15, -0.1) is 23.1 Å². The van der Waals surface area contributed by atoms with E-state index < -0.39 is 0 Å². The zero-order valence-corrected chi connectivity index (χ0v) is 13.1. The molecule has 2 aromatic rings. The lowest BCUT2D eigenvalue weighted by Crippen LogP contribution is -2.26. The number of thiophene rings is 1. The number of hydrogen-bond acceptors (Lipinski definition) is 3. The molecule has 0 saturated carbocycles. The van der Waals surface area contributed by atoms with Gasteiger partial charge in [0.15, 0.2) is 0 Å². The van der Waals surface area contributed by atoms with Crippen molar-refractivity contribution in [2.45, 2.75) is 30.3 Å². The summed E-state index contributed by atoms with van der Waals surface area (Å²) in [5.41, 5.74) is 1.44. The Balaban J connectivity index is 1.77. The molecule has 0 amide bonds. The molecular formula is C15H16ClNS2. The fourth-order valence-corrected chi connectivity index (χ4v) is 4.66. The Morgan fingerprint density at radius 2 is 2.11 bits per heavy atom. The van der Waals surface area contributed by atoms with Gasteiger partial charge < -0.3 is 5.32 Å². The van der Waals surface area contributed by atoms with E-state index in [1.165, 1.54) is 27.5 Å². The number of nitrogens with one attached hydrogen (secondary N) is 1. The fraction of sp³-hybridized carbons (Fsp3) is 0.333. The third kappa shape index (κ3) is 3.00. The van der Waals surface area contributed by atoms with E-state index in [1.807, 2.05) is 17.8 Å². The van der Waals surface area contributed by atoms with Crippen LogP contribution in [0.5, 0.6) is 0 Å². The van der Waals surface area contributed by atoms with Crippen LogP contribution in [0.25, 0.3) is 0 Å². The molecule has 2 unspecified atom stereocenters. The van der Waals surface area contributed by atoms with Crippen molar-refractivity contribution in [3.63, 3.8) is 0 Å². The summed E-state index contributed by atoms with van der Waals surface area (Å²) in [5, 5.41) is 3.74. The van der Waals surface area contributed by atoms with Gasteiger partial charge >= 0.3 is 0 Å². The molecule has 0 fully saturated rings. The van der Waals surface area contributed by atoms with Gasteiger partial charge in [0.1, 0.15) is 0 Å². The highest BCUT2D eigenvalue weighted by molar-refractivity contribution is 7.99. The Bertz CT molecular complexity index is 567. The quantitative estimate of drug-likeness (QED) is 0.827. The minimum atomic E-state index is 0.346. The molecule has 2 atom stereocenters. The Labute approximate surface area is 127 Å². The third-order valence-electron chi connectivity index (χ3n) is 3.43. The van der Waals surface area contributed by atoms with Crippen molar-refractivity contribution in [1.82, 2.24) is 5.32 Å². The van der Waals surface area contributed by atoms with Gasteiger partial charge in [-0.05, 0) is 42.9 Å². The van der Waals surface area contributed by atoms with Crippen molar-refractivity contribution in [1.29, 1.82) is 0 Å². The normalized spacial score (nSPS) is 20.0. The van der Waals surface area contributed by atoms with Crippen molar-refractivity contribution in [3.8, 4) is 0 Å². The standard InChI is InChI=1S/C15H16ClNS2/c1-10(13-6-7-15(16)19-13)17-12-8-9-18-14-5-3-2-4-11(12)14/h2-7,10,12,17H,8-9H2,1H3. The van der Waals surface area contributed by atoms with Gasteiger partial charge in [0.05, 0.1) is 4.34 Å². The van der Waals surface area contributed by atoms with Crippen molar-refractivity contribution in [3.05, 3.63) is 51.2 Å². The molecule has 1 aromatic carbocycles. The fourth-order valence-electron chi connectivity index (χ4n) is 2.46. The molecule has 1 aliphatic rings. The Morgan fingerprint density at radius 1 is 1.26 bits per heavy atom. The smallest absolute Gasteiger partial charge is 0.0931 e. The van der Waals surface area contributed by atoms with Gasteiger partial charge in [-0.25, -0.2) is 0 Å². The molecule has 1 N–H and O–H groups in total. The van der Waals surface area contributed by atoms with Gasteiger partial charge in [-0.2, -0.15) is 0 Å². The Kier molecular flexibility index (Phi) is 4.18. The summed E-state index contributed by atoms with van der Waals surface area (Å²) in [6, 6.07) is 13.6.